The van der Waals surface area contributed by atoms with Crippen LogP contribution in [-0.4, -0.2) is 30.4 Å². The van der Waals surface area contributed by atoms with Crippen LogP contribution < -0.4 is 5.32 Å². The first-order valence-electron chi connectivity index (χ1n) is 6.48. The molecule has 0 spiro atoms. The van der Waals surface area contributed by atoms with Gasteiger partial charge in [0, 0.05) is 18.7 Å². The Morgan fingerprint density at radius 1 is 1.35 bits per heavy atom. The number of aliphatic hydroxyl groups is 1. The van der Waals surface area contributed by atoms with Gasteiger partial charge in [-0.3, -0.25) is 0 Å². The van der Waals surface area contributed by atoms with Crippen LogP contribution in [-0.2, 0) is 10.9 Å². The van der Waals surface area contributed by atoms with Gasteiger partial charge in [-0.05, 0) is 31.0 Å². The Morgan fingerprint density at radius 2 is 2.00 bits per heavy atom. The second-order valence-electron chi connectivity index (χ2n) is 5.38. The normalized spacial score (nSPS) is 24.9. The Bertz CT molecular complexity index is 439. The fourth-order valence-corrected chi connectivity index (χ4v) is 2.16. The van der Waals surface area contributed by atoms with Gasteiger partial charge < -0.3 is 15.2 Å². The van der Waals surface area contributed by atoms with E-state index in [0.29, 0.717) is 18.8 Å². The van der Waals surface area contributed by atoms with Crippen LogP contribution in [0.25, 0.3) is 0 Å². The molecule has 1 saturated heterocycles. The molecule has 0 saturated carbocycles. The number of halogens is 3. The molecule has 6 heteroatoms. The Morgan fingerprint density at radius 3 is 2.50 bits per heavy atom. The van der Waals surface area contributed by atoms with Crippen molar-refractivity contribution < 1.29 is 23.0 Å². The summed E-state index contributed by atoms with van der Waals surface area (Å²) in [5.74, 6) is 0. The average molecular weight is 289 g/mol. The molecule has 0 radical (unpaired) electrons. The molecule has 2 N–H and O–H groups in total. The van der Waals surface area contributed by atoms with Gasteiger partial charge in [-0.2, -0.15) is 13.2 Å². The van der Waals surface area contributed by atoms with E-state index in [9.17, 15) is 18.3 Å². The molecule has 20 heavy (non-hydrogen) atoms. The summed E-state index contributed by atoms with van der Waals surface area (Å²) in [6.45, 7) is 3.54. The largest absolute Gasteiger partial charge is 0.416 e. The molecule has 3 nitrogen and oxygen atoms in total. The van der Waals surface area contributed by atoms with E-state index < -0.39 is 17.8 Å². The van der Waals surface area contributed by atoms with Gasteiger partial charge in [-0.15, -0.1) is 0 Å². The van der Waals surface area contributed by atoms with E-state index in [1.54, 1.807) is 0 Å². The summed E-state index contributed by atoms with van der Waals surface area (Å²) in [6, 6.07) is 4.59. The van der Waals surface area contributed by atoms with Crippen molar-refractivity contribution in [1.82, 2.24) is 5.32 Å². The Kier molecular flexibility index (Phi) is 4.36. The van der Waals surface area contributed by atoms with Gasteiger partial charge in [0.2, 0.25) is 0 Å². The van der Waals surface area contributed by atoms with Gasteiger partial charge in [0.05, 0.1) is 18.3 Å². The van der Waals surface area contributed by atoms with Gasteiger partial charge >= 0.3 is 6.18 Å². The van der Waals surface area contributed by atoms with Crippen LogP contribution in [0, 0.1) is 0 Å². The average Bonchev–Trinajstić information content (AvgIpc) is 2.83. The highest BCUT2D eigenvalue weighted by Crippen LogP contribution is 2.30. The highest BCUT2D eigenvalue weighted by atomic mass is 19.4. The number of alkyl halides is 3. The third-order valence-corrected chi connectivity index (χ3v) is 3.56. The first-order valence-corrected chi connectivity index (χ1v) is 6.48. The van der Waals surface area contributed by atoms with Crippen LogP contribution in [0.1, 0.15) is 30.6 Å². The van der Waals surface area contributed by atoms with E-state index in [-0.39, 0.29) is 12.1 Å². The van der Waals surface area contributed by atoms with Gasteiger partial charge in [-0.25, -0.2) is 0 Å². The van der Waals surface area contributed by atoms with E-state index in [1.165, 1.54) is 12.1 Å². The third kappa shape index (κ3) is 3.71. The minimum absolute atomic E-state index is 0.174. The standard InChI is InChI=1S/C14H18F3NO2/c1-13(6-7-20-9-13)18-8-12(19)10-2-4-11(5-3-10)14(15,16)17/h2-5,12,18-19H,6-9H2,1H3. The molecule has 0 amide bonds. The van der Waals surface area contributed by atoms with E-state index in [4.69, 9.17) is 4.74 Å². The van der Waals surface area contributed by atoms with Crippen LogP contribution in [0.3, 0.4) is 0 Å². The molecule has 1 aromatic carbocycles. The topological polar surface area (TPSA) is 41.5 Å². The molecule has 1 fully saturated rings. The van der Waals surface area contributed by atoms with E-state index >= 15 is 0 Å². The van der Waals surface area contributed by atoms with Crippen LogP contribution in [0.2, 0.25) is 0 Å². The Hall–Kier alpha value is -1.11. The van der Waals surface area contributed by atoms with Gasteiger partial charge in [-0.1, -0.05) is 12.1 Å². The predicted molar refractivity (Wildman–Crippen MR) is 68.2 cm³/mol. The molecular formula is C14H18F3NO2. The minimum Gasteiger partial charge on any atom is -0.387 e. The zero-order valence-electron chi connectivity index (χ0n) is 11.2. The quantitative estimate of drug-likeness (QED) is 0.895. The van der Waals surface area contributed by atoms with Crippen LogP contribution >= 0.6 is 0 Å². The third-order valence-electron chi connectivity index (χ3n) is 3.56. The van der Waals surface area contributed by atoms with E-state index in [2.05, 4.69) is 5.32 Å². The maximum atomic E-state index is 12.4. The van der Waals surface area contributed by atoms with Crippen molar-refractivity contribution in [1.29, 1.82) is 0 Å². The highest BCUT2D eigenvalue weighted by molar-refractivity contribution is 5.26. The summed E-state index contributed by atoms with van der Waals surface area (Å²) >= 11 is 0. The predicted octanol–water partition coefficient (Wildman–Crippen LogP) is 2.51. The number of nitrogens with one attached hydrogen (secondary N) is 1. The lowest BCUT2D eigenvalue weighted by molar-refractivity contribution is -0.137. The fraction of sp³-hybridized carbons (Fsp3) is 0.571. The van der Waals surface area contributed by atoms with Crippen LogP contribution in [0.15, 0.2) is 24.3 Å². The summed E-state index contributed by atoms with van der Waals surface area (Å²) in [5, 5.41) is 13.2. The molecule has 1 aliphatic rings. The Labute approximate surface area is 115 Å². The van der Waals surface area contributed by atoms with Crippen molar-refractivity contribution in [3.63, 3.8) is 0 Å². The lowest BCUT2D eigenvalue weighted by atomic mass is 10.0. The summed E-state index contributed by atoms with van der Waals surface area (Å²) in [5.41, 5.74) is -0.419. The number of ether oxygens (including phenoxy) is 1. The molecule has 2 rings (SSSR count). The summed E-state index contributed by atoms with van der Waals surface area (Å²) < 4.78 is 42.6. The van der Waals surface area contributed by atoms with Gasteiger partial charge in [0.15, 0.2) is 0 Å². The second-order valence-corrected chi connectivity index (χ2v) is 5.38. The number of aliphatic hydroxyl groups excluding tert-OH is 1. The Balaban J connectivity index is 1.94. The summed E-state index contributed by atoms with van der Waals surface area (Å²) in [4.78, 5) is 0. The lowest BCUT2D eigenvalue weighted by Crippen LogP contribution is -2.44. The molecule has 2 unspecified atom stereocenters. The van der Waals surface area contributed by atoms with E-state index in [0.717, 1.165) is 18.6 Å². The minimum atomic E-state index is -4.35. The number of rotatable bonds is 4. The zero-order valence-corrected chi connectivity index (χ0v) is 11.2. The second kappa shape index (κ2) is 5.71. The monoisotopic (exact) mass is 289 g/mol. The molecule has 1 aromatic rings. The number of β-amino-alcohol motifs (C(OH)–C–C–N with tert-alkyl or cyclic N) is 1. The maximum absolute atomic E-state index is 12.4. The molecular weight excluding hydrogens is 271 g/mol. The zero-order chi connectivity index (χ0) is 14.8. The van der Waals surface area contributed by atoms with Crippen LogP contribution in [0.5, 0.6) is 0 Å². The smallest absolute Gasteiger partial charge is 0.387 e. The van der Waals surface area contributed by atoms with E-state index in [1.807, 2.05) is 6.92 Å². The molecule has 0 aromatic heterocycles. The van der Waals surface area contributed by atoms with Crippen molar-refractivity contribution in [2.24, 2.45) is 0 Å². The van der Waals surface area contributed by atoms with Crippen molar-refractivity contribution in [3.05, 3.63) is 35.4 Å². The number of hydrogen-bond donors (Lipinski definition) is 2. The van der Waals surface area contributed by atoms with Crippen molar-refractivity contribution in [3.8, 4) is 0 Å². The highest BCUT2D eigenvalue weighted by Gasteiger charge is 2.31. The molecule has 1 heterocycles. The van der Waals surface area contributed by atoms with Gasteiger partial charge in [0.25, 0.3) is 0 Å². The summed E-state index contributed by atoms with van der Waals surface area (Å²) in [6.07, 6.45) is -4.34. The lowest BCUT2D eigenvalue weighted by Gasteiger charge is -2.25. The van der Waals surface area contributed by atoms with Crippen molar-refractivity contribution >= 4 is 0 Å². The maximum Gasteiger partial charge on any atom is 0.416 e. The molecule has 2 atom stereocenters. The molecule has 0 aliphatic carbocycles. The first-order chi connectivity index (χ1) is 9.30. The van der Waals surface area contributed by atoms with Crippen molar-refractivity contribution in [2.75, 3.05) is 19.8 Å². The van der Waals surface area contributed by atoms with Gasteiger partial charge in [0.1, 0.15) is 0 Å². The first kappa shape index (κ1) is 15.3. The van der Waals surface area contributed by atoms with Crippen molar-refractivity contribution in [2.45, 2.75) is 31.2 Å². The fourth-order valence-electron chi connectivity index (χ4n) is 2.16. The number of hydrogen-bond acceptors (Lipinski definition) is 3. The summed E-state index contributed by atoms with van der Waals surface area (Å²) in [7, 11) is 0. The molecule has 0 bridgehead atoms. The number of benzene rings is 1. The molecule has 112 valence electrons. The SMILES string of the molecule is CC1(NCC(O)c2ccc(C(F)(F)F)cc2)CCOC1. The van der Waals surface area contributed by atoms with Crippen LogP contribution in [0.4, 0.5) is 13.2 Å². The molecule has 1 aliphatic heterocycles.